The van der Waals surface area contributed by atoms with Gasteiger partial charge in [0.15, 0.2) is 5.96 Å². The molecular formula is C22H27F3N4O. The summed E-state index contributed by atoms with van der Waals surface area (Å²) in [6, 6.07) is 9.79. The second kappa shape index (κ2) is 11.0. The molecule has 1 heterocycles. The predicted octanol–water partition coefficient (Wildman–Crippen LogP) is 3.23. The van der Waals surface area contributed by atoms with Crippen LogP contribution >= 0.6 is 0 Å². The molecule has 2 aromatic carbocycles. The van der Waals surface area contributed by atoms with Crippen LogP contribution in [0.4, 0.5) is 13.2 Å². The van der Waals surface area contributed by atoms with Gasteiger partial charge in [0, 0.05) is 31.7 Å². The van der Waals surface area contributed by atoms with Crippen LogP contribution in [0, 0.1) is 17.5 Å². The zero-order valence-electron chi connectivity index (χ0n) is 17.0. The van der Waals surface area contributed by atoms with Crippen LogP contribution in [0.3, 0.4) is 0 Å². The molecule has 0 radical (unpaired) electrons. The second-order valence-corrected chi connectivity index (χ2v) is 7.03. The van der Waals surface area contributed by atoms with Crippen molar-refractivity contribution in [1.82, 2.24) is 15.5 Å². The molecule has 5 nitrogen and oxygen atoms in total. The van der Waals surface area contributed by atoms with Crippen LogP contribution in [0.2, 0.25) is 0 Å². The number of morpholine rings is 1. The molecule has 1 atom stereocenters. The van der Waals surface area contributed by atoms with E-state index in [2.05, 4.69) is 20.5 Å². The molecule has 1 unspecified atom stereocenters. The van der Waals surface area contributed by atoms with Gasteiger partial charge in [-0.3, -0.25) is 4.90 Å². The molecule has 0 saturated carbocycles. The molecule has 0 bridgehead atoms. The van der Waals surface area contributed by atoms with Gasteiger partial charge < -0.3 is 15.4 Å². The quantitative estimate of drug-likeness (QED) is 0.534. The summed E-state index contributed by atoms with van der Waals surface area (Å²) < 4.78 is 46.1. The Balaban J connectivity index is 1.73. The van der Waals surface area contributed by atoms with E-state index in [1.165, 1.54) is 12.1 Å². The molecule has 2 aromatic rings. The number of aliphatic imine (C=N–C) groups is 1. The zero-order chi connectivity index (χ0) is 21.3. The van der Waals surface area contributed by atoms with E-state index in [0.717, 1.165) is 36.9 Å². The molecule has 1 aliphatic rings. The molecule has 8 heteroatoms. The SMILES string of the molecule is CCNC(=NCc1cc(F)ccc1F)NCC(c1ccc(F)cc1)N1CCOCC1. The van der Waals surface area contributed by atoms with E-state index in [9.17, 15) is 13.2 Å². The summed E-state index contributed by atoms with van der Waals surface area (Å²) in [6.45, 7) is 5.91. The number of rotatable bonds is 7. The Bertz CT molecular complexity index is 839. The van der Waals surface area contributed by atoms with E-state index in [4.69, 9.17) is 4.74 Å². The fourth-order valence-electron chi connectivity index (χ4n) is 3.40. The van der Waals surface area contributed by atoms with Crippen LogP contribution in [0.25, 0.3) is 0 Å². The first-order valence-corrected chi connectivity index (χ1v) is 10.1. The topological polar surface area (TPSA) is 48.9 Å². The van der Waals surface area contributed by atoms with Gasteiger partial charge >= 0.3 is 0 Å². The van der Waals surface area contributed by atoms with Gasteiger partial charge in [-0.25, -0.2) is 18.2 Å². The van der Waals surface area contributed by atoms with Gasteiger partial charge in [-0.2, -0.15) is 0 Å². The third-order valence-electron chi connectivity index (χ3n) is 4.96. The number of ether oxygens (including phenoxy) is 1. The molecule has 1 saturated heterocycles. The lowest BCUT2D eigenvalue weighted by atomic mass is 10.0. The molecular weight excluding hydrogens is 393 g/mol. The minimum absolute atomic E-state index is 0.00994. The summed E-state index contributed by atoms with van der Waals surface area (Å²) in [5.74, 6) is -0.766. The van der Waals surface area contributed by atoms with Gasteiger partial charge in [-0.15, -0.1) is 0 Å². The number of nitrogens with zero attached hydrogens (tertiary/aromatic N) is 2. The lowest BCUT2D eigenvalue weighted by molar-refractivity contribution is 0.0170. The Morgan fingerprint density at radius 3 is 2.43 bits per heavy atom. The number of benzene rings is 2. The lowest BCUT2D eigenvalue weighted by Gasteiger charge is -2.35. The number of halogens is 3. The van der Waals surface area contributed by atoms with Crippen molar-refractivity contribution < 1.29 is 17.9 Å². The highest BCUT2D eigenvalue weighted by atomic mass is 19.1. The van der Waals surface area contributed by atoms with Crippen LogP contribution in [-0.4, -0.2) is 50.3 Å². The van der Waals surface area contributed by atoms with Gasteiger partial charge in [0.1, 0.15) is 17.5 Å². The second-order valence-electron chi connectivity index (χ2n) is 7.03. The van der Waals surface area contributed by atoms with Gasteiger partial charge in [-0.1, -0.05) is 12.1 Å². The maximum Gasteiger partial charge on any atom is 0.191 e. The number of hydrogen-bond donors (Lipinski definition) is 2. The van der Waals surface area contributed by atoms with E-state index in [0.29, 0.717) is 32.3 Å². The minimum Gasteiger partial charge on any atom is -0.379 e. The summed E-state index contributed by atoms with van der Waals surface area (Å²) in [4.78, 5) is 6.67. The van der Waals surface area contributed by atoms with Crippen molar-refractivity contribution in [3.8, 4) is 0 Å². The van der Waals surface area contributed by atoms with Crippen molar-refractivity contribution >= 4 is 5.96 Å². The third kappa shape index (κ3) is 6.21. The van der Waals surface area contributed by atoms with E-state index < -0.39 is 11.6 Å². The molecule has 30 heavy (non-hydrogen) atoms. The largest absolute Gasteiger partial charge is 0.379 e. The van der Waals surface area contributed by atoms with Crippen LogP contribution in [0.1, 0.15) is 24.1 Å². The van der Waals surface area contributed by atoms with Gasteiger partial charge in [-0.05, 0) is 42.8 Å². The molecule has 162 valence electrons. The average molecular weight is 420 g/mol. The first-order valence-electron chi connectivity index (χ1n) is 10.1. The lowest BCUT2D eigenvalue weighted by Crippen LogP contribution is -2.46. The van der Waals surface area contributed by atoms with Gasteiger partial charge in [0.2, 0.25) is 0 Å². The molecule has 0 spiro atoms. The highest BCUT2D eigenvalue weighted by Crippen LogP contribution is 2.21. The van der Waals surface area contributed by atoms with Crippen molar-refractivity contribution in [2.24, 2.45) is 4.99 Å². The van der Waals surface area contributed by atoms with Crippen molar-refractivity contribution in [2.75, 3.05) is 39.4 Å². The summed E-state index contributed by atoms with van der Waals surface area (Å²) in [5.41, 5.74) is 1.17. The normalized spacial score (nSPS) is 16.3. The maximum atomic E-state index is 13.9. The third-order valence-corrected chi connectivity index (χ3v) is 4.96. The first kappa shape index (κ1) is 22.1. The number of hydrogen-bond acceptors (Lipinski definition) is 3. The van der Waals surface area contributed by atoms with E-state index in [-0.39, 0.29) is 24.0 Å². The first-order chi connectivity index (χ1) is 14.6. The number of guanidine groups is 1. The van der Waals surface area contributed by atoms with Crippen molar-refractivity contribution in [2.45, 2.75) is 19.5 Å². The van der Waals surface area contributed by atoms with Crippen LogP contribution in [0.15, 0.2) is 47.5 Å². The van der Waals surface area contributed by atoms with E-state index >= 15 is 0 Å². The summed E-state index contributed by atoms with van der Waals surface area (Å²) in [7, 11) is 0. The van der Waals surface area contributed by atoms with E-state index in [1.807, 2.05) is 6.92 Å². The highest BCUT2D eigenvalue weighted by Gasteiger charge is 2.23. The zero-order valence-corrected chi connectivity index (χ0v) is 17.0. The van der Waals surface area contributed by atoms with Crippen LogP contribution in [0.5, 0.6) is 0 Å². The summed E-state index contributed by atoms with van der Waals surface area (Å²) in [5, 5.41) is 6.41. The fraction of sp³-hybridized carbons (Fsp3) is 0.409. The van der Waals surface area contributed by atoms with Crippen LogP contribution in [-0.2, 0) is 11.3 Å². The van der Waals surface area contributed by atoms with E-state index in [1.54, 1.807) is 12.1 Å². The van der Waals surface area contributed by atoms with Crippen molar-refractivity contribution in [3.63, 3.8) is 0 Å². The molecule has 3 rings (SSSR count). The smallest absolute Gasteiger partial charge is 0.191 e. The molecule has 1 aliphatic heterocycles. The molecule has 0 aliphatic carbocycles. The summed E-state index contributed by atoms with van der Waals surface area (Å²) in [6.07, 6.45) is 0. The maximum absolute atomic E-state index is 13.9. The molecule has 0 amide bonds. The van der Waals surface area contributed by atoms with Crippen molar-refractivity contribution in [1.29, 1.82) is 0 Å². The highest BCUT2D eigenvalue weighted by molar-refractivity contribution is 5.79. The predicted molar refractivity (Wildman–Crippen MR) is 111 cm³/mol. The Labute approximate surface area is 174 Å². The Morgan fingerprint density at radius 2 is 1.73 bits per heavy atom. The Morgan fingerprint density at radius 1 is 1.03 bits per heavy atom. The van der Waals surface area contributed by atoms with Gasteiger partial charge in [0.05, 0.1) is 25.8 Å². The Kier molecular flexibility index (Phi) is 8.10. The number of nitrogens with one attached hydrogen (secondary N) is 2. The molecule has 1 fully saturated rings. The monoisotopic (exact) mass is 420 g/mol. The standard InChI is InChI=1S/C22H27F3N4O/c1-2-26-22(27-14-17-13-19(24)7-8-20(17)25)28-15-21(29-9-11-30-12-10-29)16-3-5-18(23)6-4-16/h3-8,13,21H,2,9-12,14-15H2,1H3,(H2,26,27,28). The summed E-state index contributed by atoms with van der Waals surface area (Å²) >= 11 is 0. The van der Waals surface area contributed by atoms with Crippen LogP contribution < -0.4 is 10.6 Å². The average Bonchev–Trinajstić information content (AvgIpc) is 2.76. The van der Waals surface area contributed by atoms with Crippen molar-refractivity contribution in [3.05, 3.63) is 71.0 Å². The fourth-order valence-corrected chi connectivity index (χ4v) is 3.40. The minimum atomic E-state index is -0.497. The van der Waals surface area contributed by atoms with Gasteiger partial charge in [0.25, 0.3) is 0 Å². The molecule has 2 N–H and O–H groups in total. The Hall–Kier alpha value is -2.58. The molecule has 0 aromatic heterocycles.